The van der Waals surface area contributed by atoms with E-state index >= 15 is 0 Å². The first-order chi connectivity index (χ1) is 9.83. The number of thioether (sulfide) groups is 1. The van der Waals surface area contributed by atoms with Crippen molar-refractivity contribution in [2.45, 2.75) is 43.9 Å². The molecule has 0 bridgehead atoms. The highest BCUT2D eigenvalue weighted by atomic mass is 35.5. The van der Waals surface area contributed by atoms with Crippen LogP contribution in [0.25, 0.3) is 11.0 Å². The highest BCUT2D eigenvalue weighted by Gasteiger charge is 2.28. The fraction of sp³-hybridized carbons (Fsp3) is 0.600. The van der Waals surface area contributed by atoms with Gasteiger partial charge in [0.1, 0.15) is 11.3 Å². The zero-order chi connectivity index (χ0) is 13.9. The van der Waals surface area contributed by atoms with E-state index in [4.69, 9.17) is 16.6 Å². The zero-order valence-corrected chi connectivity index (χ0v) is 13.3. The van der Waals surface area contributed by atoms with Crippen LogP contribution >= 0.6 is 23.4 Å². The molecule has 2 heterocycles. The predicted octanol–water partition coefficient (Wildman–Crippen LogP) is 4.06. The second-order valence-corrected chi connectivity index (χ2v) is 7.20. The van der Waals surface area contributed by atoms with E-state index in [1.165, 1.54) is 30.5 Å². The van der Waals surface area contributed by atoms with Crippen molar-refractivity contribution in [2.24, 2.45) is 0 Å². The molecule has 1 aliphatic carbocycles. The lowest BCUT2D eigenvalue weighted by Crippen LogP contribution is -2.11. The molecule has 108 valence electrons. The summed E-state index contributed by atoms with van der Waals surface area (Å²) in [4.78, 5) is 8.91. The summed E-state index contributed by atoms with van der Waals surface area (Å²) in [5, 5.41) is 0.799. The van der Waals surface area contributed by atoms with Gasteiger partial charge < -0.3 is 4.57 Å². The molecule has 20 heavy (non-hydrogen) atoms. The molecule has 0 aromatic carbocycles. The molecule has 0 radical (unpaired) electrons. The van der Waals surface area contributed by atoms with E-state index in [2.05, 4.69) is 34.3 Å². The van der Waals surface area contributed by atoms with Gasteiger partial charge in [0.25, 0.3) is 0 Å². The number of aryl methyl sites for hydroxylation is 1. The van der Waals surface area contributed by atoms with Crippen LogP contribution in [0.5, 0.6) is 0 Å². The van der Waals surface area contributed by atoms with Crippen LogP contribution in [-0.4, -0.2) is 31.4 Å². The Morgan fingerprint density at radius 3 is 3.15 bits per heavy atom. The van der Waals surface area contributed by atoms with E-state index in [1.54, 1.807) is 0 Å². The van der Waals surface area contributed by atoms with Crippen molar-refractivity contribution < 1.29 is 0 Å². The fourth-order valence-electron chi connectivity index (χ4n) is 3.21. The van der Waals surface area contributed by atoms with Crippen LogP contribution in [0.3, 0.4) is 0 Å². The summed E-state index contributed by atoms with van der Waals surface area (Å²) in [6.07, 6.45) is 8.36. The molecule has 2 aromatic heterocycles. The van der Waals surface area contributed by atoms with Crippen molar-refractivity contribution in [3.8, 4) is 0 Å². The lowest BCUT2D eigenvalue weighted by Gasteiger charge is -2.17. The van der Waals surface area contributed by atoms with Crippen LogP contribution in [0, 0.1) is 0 Å². The second kappa shape index (κ2) is 6.35. The maximum absolute atomic E-state index is 5.95. The van der Waals surface area contributed by atoms with Crippen LogP contribution < -0.4 is 0 Å². The third-order valence-electron chi connectivity index (χ3n) is 4.01. The summed E-state index contributed by atoms with van der Waals surface area (Å²) in [5.74, 6) is 2.95. The average molecular weight is 310 g/mol. The molecule has 3 nitrogen and oxygen atoms in total. The average Bonchev–Trinajstić information content (AvgIpc) is 3.03. The number of halogens is 1. The maximum Gasteiger partial charge on any atom is 0.111 e. The number of nitrogens with zero attached hydrogens (tertiary/aromatic N) is 3. The van der Waals surface area contributed by atoms with Gasteiger partial charge >= 0.3 is 0 Å². The lowest BCUT2D eigenvalue weighted by atomic mass is 10.2. The topological polar surface area (TPSA) is 30.7 Å². The minimum Gasteiger partial charge on any atom is -0.325 e. The van der Waals surface area contributed by atoms with E-state index in [9.17, 15) is 0 Å². The Kier molecular flexibility index (Phi) is 4.51. The molecule has 3 rings (SSSR count). The smallest absolute Gasteiger partial charge is 0.111 e. The number of aromatic nitrogens is 3. The molecule has 2 unspecified atom stereocenters. The van der Waals surface area contributed by atoms with Gasteiger partial charge in [-0.3, -0.25) is 4.98 Å². The van der Waals surface area contributed by atoms with Gasteiger partial charge in [-0.2, -0.15) is 11.8 Å². The van der Waals surface area contributed by atoms with Gasteiger partial charge in [-0.25, -0.2) is 4.98 Å². The van der Waals surface area contributed by atoms with Crippen LogP contribution in [0.2, 0.25) is 0 Å². The number of hydrogen-bond acceptors (Lipinski definition) is 3. The fourth-order valence-corrected chi connectivity index (χ4v) is 4.51. The van der Waals surface area contributed by atoms with Crippen molar-refractivity contribution in [1.82, 2.24) is 14.5 Å². The van der Waals surface area contributed by atoms with Crippen LogP contribution in [0.4, 0.5) is 0 Å². The summed E-state index contributed by atoms with van der Waals surface area (Å²) < 4.78 is 2.43. The molecule has 0 aliphatic heterocycles. The minimum absolute atomic E-state index is 0.574. The number of alkyl halides is 1. The van der Waals surface area contributed by atoms with Crippen LogP contribution in [0.1, 0.15) is 38.1 Å². The van der Waals surface area contributed by atoms with Gasteiger partial charge in [-0.1, -0.05) is 6.92 Å². The van der Waals surface area contributed by atoms with E-state index in [0.717, 1.165) is 23.0 Å². The molecule has 5 heteroatoms. The third-order valence-corrected chi connectivity index (χ3v) is 5.43. The molecular formula is C15H20ClN3S. The van der Waals surface area contributed by atoms with Crippen molar-refractivity contribution >= 4 is 34.4 Å². The number of rotatable bonds is 5. The Balaban J connectivity index is 1.95. The van der Waals surface area contributed by atoms with Crippen molar-refractivity contribution in [3.05, 3.63) is 24.3 Å². The Morgan fingerprint density at radius 1 is 1.45 bits per heavy atom. The first-order valence-corrected chi connectivity index (χ1v) is 8.90. The normalized spacial score (nSPS) is 22.7. The van der Waals surface area contributed by atoms with Crippen molar-refractivity contribution in [3.63, 3.8) is 0 Å². The Hall–Kier alpha value is -0.740. The third kappa shape index (κ3) is 2.68. The predicted molar refractivity (Wildman–Crippen MR) is 86.8 cm³/mol. The summed E-state index contributed by atoms with van der Waals surface area (Å²) in [6.45, 7) is 2.25. The number of hydrogen-bond donors (Lipinski definition) is 0. The summed E-state index contributed by atoms with van der Waals surface area (Å²) in [7, 11) is 0. The van der Waals surface area contributed by atoms with Gasteiger partial charge in [0.15, 0.2) is 0 Å². The molecule has 0 N–H and O–H groups in total. The van der Waals surface area contributed by atoms with Gasteiger partial charge in [-0.05, 0) is 31.1 Å². The van der Waals surface area contributed by atoms with Crippen LogP contribution in [-0.2, 0) is 6.42 Å². The Morgan fingerprint density at radius 2 is 2.35 bits per heavy atom. The standard InChI is InChI=1S/C15H20ClN3S/c1-2-20-12-4-3-11(9-12)19-14-6-8-17-10-13(14)18-15(19)5-7-16/h6,8,10-12H,2-5,7,9H2,1H3. The van der Waals surface area contributed by atoms with Gasteiger partial charge in [0, 0.05) is 29.8 Å². The van der Waals surface area contributed by atoms with Crippen molar-refractivity contribution in [1.29, 1.82) is 0 Å². The highest BCUT2D eigenvalue weighted by Crippen LogP contribution is 2.39. The number of fused-ring (bicyclic) bond motifs is 1. The van der Waals surface area contributed by atoms with E-state index in [1.807, 2.05) is 12.4 Å². The molecule has 2 aromatic rings. The van der Waals surface area contributed by atoms with Gasteiger partial charge in [-0.15, -0.1) is 11.6 Å². The van der Waals surface area contributed by atoms with E-state index in [-0.39, 0.29) is 0 Å². The molecule has 0 amide bonds. The first kappa shape index (κ1) is 14.2. The molecule has 1 fully saturated rings. The first-order valence-electron chi connectivity index (χ1n) is 7.31. The molecule has 1 aliphatic rings. The quantitative estimate of drug-likeness (QED) is 0.780. The number of pyridine rings is 1. The van der Waals surface area contributed by atoms with Gasteiger partial charge in [0.2, 0.25) is 0 Å². The second-order valence-electron chi connectivity index (χ2n) is 5.25. The molecule has 1 saturated carbocycles. The highest BCUT2D eigenvalue weighted by molar-refractivity contribution is 7.99. The lowest BCUT2D eigenvalue weighted by molar-refractivity contribution is 0.514. The molecule has 0 spiro atoms. The Labute approximate surface area is 129 Å². The number of imidazole rings is 1. The van der Waals surface area contributed by atoms with Gasteiger partial charge in [0.05, 0.1) is 11.7 Å². The Bertz CT molecular complexity index is 584. The van der Waals surface area contributed by atoms with E-state index in [0.29, 0.717) is 11.9 Å². The minimum atomic E-state index is 0.574. The SMILES string of the molecule is CCSC1CCC(n2c(CCCl)nc3cnccc32)C1. The molecule has 2 atom stereocenters. The molecular weight excluding hydrogens is 290 g/mol. The van der Waals surface area contributed by atoms with Crippen LogP contribution in [0.15, 0.2) is 18.5 Å². The van der Waals surface area contributed by atoms with E-state index < -0.39 is 0 Å². The maximum atomic E-state index is 5.95. The zero-order valence-electron chi connectivity index (χ0n) is 11.8. The summed E-state index contributed by atoms with van der Waals surface area (Å²) >= 11 is 8.04. The largest absolute Gasteiger partial charge is 0.325 e. The summed E-state index contributed by atoms with van der Waals surface area (Å²) in [6, 6.07) is 2.66. The monoisotopic (exact) mass is 309 g/mol. The van der Waals surface area contributed by atoms with Crippen molar-refractivity contribution in [2.75, 3.05) is 11.6 Å². The molecule has 0 saturated heterocycles. The summed E-state index contributed by atoms with van der Waals surface area (Å²) in [5.41, 5.74) is 2.21.